The van der Waals surface area contributed by atoms with Gasteiger partial charge in [0.1, 0.15) is 24.0 Å². The highest BCUT2D eigenvalue weighted by Crippen LogP contribution is 2.43. The molecule has 4 aromatic rings. The van der Waals surface area contributed by atoms with E-state index in [0.29, 0.717) is 45.6 Å². The Bertz CT molecular complexity index is 1680. The molecule has 0 bridgehead atoms. The average molecular weight is 541 g/mol. The molecule has 9 heteroatoms. The molecule has 1 atom stereocenters. The van der Waals surface area contributed by atoms with Crippen molar-refractivity contribution in [3.63, 3.8) is 0 Å². The first-order valence-corrected chi connectivity index (χ1v) is 12.5. The van der Waals surface area contributed by atoms with Crippen LogP contribution in [0.3, 0.4) is 0 Å². The van der Waals surface area contributed by atoms with Crippen molar-refractivity contribution in [1.82, 2.24) is 9.55 Å². The lowest BCUT2D eigenvalue weighted by atomic mass is 9.84. The molecule has 3 heterocycles. The van der Waals surface area contributed by atoms with Crippen molar-refractivity contribution < 1.29 is 14.2 Å². The predicted octanol–water partition coefficient (Wildman–Crippen LogP) is 5.06. The van der Waals surface area contributed by atoms with Crippen LogP contribution in [0.2, 0.25) is 5.02 Å². The summed E-state index contributed by atoms with van der Waals surface area (Å²) in [5, 5.41) is 10.6. The Labute approximate surface area is 230 Å². The van der Waals surface area contributed by atoms with Gasteiger partial charge in [-0.1, -0.05) is 41.9 Å². The molecule has 0 saturated carbocycles. The minimum absolute atomic E-state index is 0.0446. The molecule has 2 aromatic carbocycles. The number of methoxy groups -OCH3 is 1. The summed E-state index contributed by atoms with van der Waals surface area (Å²) in [5.74, 6) is 0.433. The molecule has 0 radical (unpaired) electrons. The van der Waals surface area contributed by atoms with Crippen LogP contribution in [-0.4, -0.2) is 16.7 Å². The number of nitrogens with two attached hydrogens (primary N) is 1. The monoisotopic (exact) mass is 540 g/mol. The quantitative estimate of drug-likeness (QED) is 0.348. The maximum Gasteiger partial charge on any atom is 0.259 e. The summed E-state index contributed by atoms with van der Waals surface area (Å²) in [7, 11) is 1.53. The minimum atomic E-state index is -0.765. The number of ether oxygens (including phenoxy) is 3. The van der Waals surface area contributed by atoms with E-state index >= 15 is 0 Å². The Balaban J connectivity index is 1.57. The Morgan fingerprint density at radius 3 is 2.69 bits per heavy atom. The predicted molar refractivity (Wildman–Crippen MR) is 147 cm³/mol. The summed E-state index contributed by atoms with van der Waals surface area (Å²) in [6.45, 7) is 2.38. The van der Waals surface area contributed by atoms with Crippen molar-refractivity contribution >= 4 is 11.6 Å². The second-order valence-electron chi connectivity index (χ2n) is 9.03. The number of halogens is 1. The fourth-order valence-electron chi connectivity index (χ4n) is 4.64. The SMILES string of the molecule is COc1cc([C@@H]2C(C#N)=C(N)Oc3cc(C)n(Cc4cccnc4)c(=O)c32)ccc1OCc1ccccc1Cl. The molecular formula is C30H25ClN4O4. The molecule has 1 aliphatic rings. The van der Waals surface area contributed by atoms with Gasteiger partial charge in [-0.25, -0.2) is 0 Å². The zero-order valence-electron chi connectivity index (χ0n) is 21.3. The Morgan fingerprint density at radius 2 is 1.97 bits per heavy atom. The number of pyridine rings is 2. The smallest absolute Gasteiger partial charge is 0.259 e. The van der Waals surface area contributed by atoms with Crippen molar-refractivity contribution in [3.05, 3.63) is 128 Å². The number of aryl methyl sites for hydroxylation is 1. The molecule has 0 spiro atoms. The lowest BCUT2D eigenvalue weighted by molar-refractivity contribution is 0.284. The van der Waals surface area contributed by atoms with Gasteiger partial charge in [-0.05, 0) is 42.3 Å². The molecule has 0 unspecified atom stereocenters. The van der Waals surface area contributed by atoms with Gasteiger partial charge >= 0.3 is 0 Å². The van der Waals surface area contributed by atoms with Crippen LogP contribution in [0.4, 0.5) is 0 Å². The van der Waals surface area contributed by atoms with Crippen LogP contribution in [-0.2, 0) is 13.2 Å². The van der Waals surface area contributed by atoms with E-state index < -0.39 is 5.92 Å². The lowest BCUT2D eigenvalue weighted by Crippen LogP contribution is -2.33. The second kappa shape index (κ2) is 10.9. The minimum Gasteiger partial charge on any atom is -0.493 e. The summed E-state index contributed by atoms with van der Waals surface area (Å²) in [6.07, 6.45) is 3.39. The van der Waals surface area contributed by atoms with Gasteiger partial charge in [0.15, 0.2) is 11.5 Å². The van der Waals surface area contributed by atoms with Crippen molar-refractivity contribution in [2.45, 2.75) is 26.0 Å². The van der Waals surface area contributed by atoms with Crippen molar-refractivity contribution in [2.75, 3.05) is 7.11 Å². The number of rotatable bonds is 7. The third-order valence-electron chi connectivity index (χ3n) is 6.62. The van der Waals surface area contributed by atoms with Gasteiger partial charge in [0.25, 0.3) is 5.56 Å². The van der Waals surface area contributed by atoms with Gasteiger partial charge in [-0.3, -0.25) is 9.78 Å². The Morgan fingerprint density at radius 1 is 1.15 bits per heavy atom. The normalized spacial score (nSPS) is 14.3. The van der Waals surface area contributed by atoms with Gasteiger partial charge in [-0.15, -0.1) is 0 Å². The highest BCUT2D eigenvalue weighted by Gasteiger charge is 2.35. The molecular weight excluding hydrogens is 516 g/mol. The summed E-state index contributed by atoms with van der Waals surface area (Å²) in [5.41, 5.74) is 9.38. The molecule has 0 fully saturated rings. The van der Waals surface area contributed by atoms with Gasteiger partial charge in [0.2, 0.25) is 5.88 Å². The van der Waals surface area contributed by atoms with Crippen LogP contribution in [0.5, 0.6) is 17.2 Å². The number of nitrogens with zero attached hydrogens (tertiary/aromatic N) is 3. The summed E-state index contributed by atoms with van der Waals surface area (Å²) in [6, 6.07) is 20.3. The number of allylic oxidation sites excluding steroid dienone is 1. The van der Waals surface area contributed by atoms with Gasteiger partial charge in [0, 0.05) is 34.7 Å². The number of benzene rings is 2. The molecule has 0 aliphatic carbocycles. The number of hydrogen-bond acceptors (Lipinski definition) is 7. The maximum absolute atomic E-state index is 13.9. The molecule has 0 saturated heterocycles. The van der Waals surface area contributed by atoms with E-state index in [1.165, 1.54) is 7.11 Å². The fourth-order valence-corrected chi connectivity index (χ4v) is 4.83. The first kappa shape index (κ1) is 25.9. The van der Waals surface area contributed by atoms with Crippen LogP contribution in [0.1, 0.15) is 33.9 Å². The van der Waals surface area contributed by atoms with E-state index in [9.17, 15) is 10.1 Å². The number of nitriles is 1. The van der Waals surface area contributed by atoms with E-state index in [2.05, 4.69) is 11.1 Å². The highest BCUT2D eigenvalue weighted by atomic mass is 35.5. The third-order valence-corrected chi connectivity index (χ3v) is 6.98. The van der Waals surface area contributed by atoms with Crippen molar-refractivity contribution in [2.24, 2.45) is 5.73 Å². The van der Waals surface area contributed by atoms with Gasteiger partial charge < -0.3 is 24.5 Å². The number of hydrogen-bond donors (Lipinski definition) is 1. The average Bonchev–Trinajstić information content (AvgIpc) is 2.94. The summed E-state index contributed by atoms with van der Waals surface area (Å²) in [4.78, 5) is 18.1. The van der Waals surface area contributed by atoms with Crippen LogP contribution >= 0.6 is 11.6 Å². The van der Waals surface area contributed by atoms with E-state index in [4.69, 9.17) is 31.5 Å². The van der Waals surface area contributed by atoms with Gasteiger partial charge in [0.05, 0.1) is 25.1 Å². The Kier molecular flexibility index (Phi) is 7.26. The lowest BCUT2D eigenvalue weighted by Gasteiger charge is -2.28. The molecule has 196 valence electrons. The molecule has 2 aromatic heterocycles. The summed E-state index contributed by atoms with van der Waals surface area (Å²) < 4.78 is 19.0. The zero-order valence-corrected chi connectivity index (χ0v) is 22.1. The molecule has 0 amide bonds. The molecule has 2 N–H and O–H groups in total. The third kappa shape index (κ3) is 5.05. The number of fused-ring (bicyclic) bond motifs is 1. The standard InChI is InChI=1S/C30H25ClN4O4/c1-18-12-26-28(30(36)35(18)16-19-6-5-11-34-15-19)27(22(14-32)29(33)39-26)20-9-10-24(25(13-20)37-2)38-17-21-7-3-4-8-23(21)31/h3-13,15,27H,16-17,33H2,1-2H3/t27-/m1/s1. The van der Waals surface area contributed by atoms with E-state index in [1.807, 2.05) is 37.3 Å². The molecule has 1 aliphatic heterocycles. The van der Waals surface area contributed by atoms with Crippen LogP contribution in [0.25, 0.3) is 0 Å². The molecule has 8 nitrogen and oxygen atoms in total. The van der Waals surface area contributed by atoms with E-state index in [0.717, 1.165) is 11.1 Å². The highest BCUT2D eigenvalue weighted by molar-refractivity contribution is 6.31. The first-order chi connectivity index (χ1) is 18.9. The summed E-state index contributed by atoms with van der Waals surface area (Å²) >= 11 is 6.27. The van der Waals surface area contributed by atoms with E-state index in [1.54, 1.807) is 47.3 Å². The number of aromatic nitrogens is 2. The largest absolute Gasteiger partial charge is 0.493 e. The zero-order chi connectivity index (χ0) is 27.5. The fraction of sp³-hybridized carbons (Fsp3) is 0.167. The van der Waals surface area contributed by atoms with Crippen LogP contribution in [0, 0.1) is 18.3 Å². The van der Waals surface area contributed by atoms with E-state index in [-0.39, 0.29) is 23.6 Å². The molecule has 39 heavy (non-hydrogen) atoms. The van der Waals surface area contributed by atoms with Crippen molar-refractivity contribution in [1.29, 1.82) is 5.26 Å². The first-order valence-electron chi connectivity index (χ1n) is 12.2. The van der Waals surface area contributed by atoms with Crippen LogP contribution in [0.15, 0.2) is 89.3 Å². The van der Waals surface area contributed by atoms with Gasteiger partial charge in [-0.2, -0.15) is 5.26 Å². The van der Waals surface area contributed by atoms with Crippen LogP contribution < -0.4 is 25.5 Å². The topological polar surface area (TPSA) is 112 Å². The second-order valence-corrected chi connectivity index (χ2v) is 9.44. The van der Waals surface area contributed by atoms with Crippen molar-refractivity contribution in [3.8, 4) is 23.3 Å². The maximum atomic E-state index is 13.9. The molecule has 5 rings (SSSR count). The Hall–Kier alpha value is -4.74.